The Kier molecular flexibility index (Phi) is 3.05. The van der Waals surface area contributed by atoms with Crippen LogP contribution in [0.5, 0.6) is 0 Å². The molecule has 1 aromatic heterocycles. The third kappa shape index (κ3) is 2.13. The molecule has 3 rings (SSSR count). The van der Waals surface area contributed by atoms with Gasteiger partial charge >= 0.3 is 5.69 Å². The average molecular weight is 251 g/mol. The summed E-state index contributed by atoms with van der Waals surface area (Å²) in [7, 11) is 0. The monoisotopic (exact) mass is 251 g/mol. The molecule has 2 heterocycles. The lowest BCUT2D eigenvalue weighted by Crippen LogP contribution is -2.45. The number of fused-ring (bicyclic) bond motifs is 1. The van der Waals surface area contributed by atoms with Gasteiger partial charge in [-0.2, -0.15) is 0 Å². The van der Waals surface area contributed by atoms with Gasteiger partial charge in [0.1, 0.15) is 0 Å². The molecule has 0 aromatic carbocycles. The average Bonchev–Trinajstić information content (AvgIpc) is 2.39. The van der Waals surface area contributed by atoms with Crippen molar-refractivity contribution in [3.63, 3.8) is 0 Å². The summed E-state index contributed by atoms with van der Waals surface area (Å²) in [6.45, 7) is 2.48. The number of ether oxygens (including phenoxy) is 1. The Morgan fingerprint density at radius 1 is 1.22 bits per heavy atom. The van der Waals surface area contributed by atoms with Crippen molar-refractivity contribution in [2.75, 3.05) is 19.7 Å². The molecular weight excluding hydrogens is 234 g/mol. The number of morpholine rings is 1. The highest BCUT2D eigenvalue weighted by molar-refractivity contribution is 5.20. The van der Waals surface area contributed by atoms with Gasteiger partial charge in [0, 0.05) is 24.3 Å². The lowest BCUT2D eigenvalue weighted by molar-refractivity contribution is -0.0130. The van der Waals surface area contributed by atoms with Gasteiger partial charge in [-0.3, -0.25) is 9.78 Å². The zero-order valence-electron chi connectivity index (χ0n) is 10.1. The number of H-pyrrole nitrogens is 2. The minimum atomic E-state index is -0.409. The highest BCUT2D eigenvalue weighted by atomic mass is 16.5. The van der Waals surface area contributed by atoms with Crippen LogP contribution in [0.15, 0.2) is 9.59 Å². The molecule has 2 atom stereocenters. The first-order chi connectivity index (χ1) is 8.74. The van der Waals surface area contributed by atoms with Crippen molar-refractivity contribution in [1.82, 2.24) is 15.3 Å². The fraction of sp³-hybridized carbons (Fsp3) is 0.667. The minimum Gasteiger partial charge on any atom is -0.375 e. The van der Waals surface area contributed by atoms with Crippen LogP contribution in [0.25, 0.3) is 0 Å². The van der Waals surface area contributed by atoms with Gasteiger partial charge in [-0.15, -0.1) is 0 Å². The normalized spacial score (nSPS) is 27.8. The molecule has 1 fully saturated rings. The Labute approximate surface area is 104 Å². The first-order valence-electron chi connectivity index (χ1n) is 6.40. The summed E-state index contributed by atoms with van der Waals surface area (Å²) in [5.74, 6) is 0.359. The molecule has 1 saturated heterocycles. The van der Waals surface area contributed by atoms with Crippen molar-refractivity contribution in [3.05, 3.63) is 32.1 Å². The van der Waals surface area contributed by atoms with Crippen LogP contribution in [0.4, 0.5) is 0 Å². The molecule has 0 spiro atoms. The predicted molar refractivity (Wildman–Crippen MR) is 65.8 cm³/mol. The van der Waals surface area contributed by atoms with Gasteiger partial charge in [0.2, 0.25) is 0 Å². The van der Waals surface area contributed by atoms with Crippen LogP contribution in [0.2, 0.25) is 0 Å². The van der Waals surface area contributed by atoms with Crippen LogP contribution in [-0.4, -0.2) is 35.8 Å². The van der Waals surface area contributed by atoms with Crippen LogP contribution in [-0.2, 0) is 17.6 Å². The number of aromatic amines is 2. The molecule has 0 amide bonds. The van der Waals surface area contributed by atoms with E-state index in [9.17, 15) is 9.59 Å². The summed E-state index contributed by atoms with van der Waals surface area (Å²) in [6, 6.07) is 0. The van der Waals surface area contributed by atoms with Crippen molar-refractivity contribution < 1.29 is 4.74 Å². The number of rotatable bonds is 1. The molecule has 0 bridgehead atoms. The summed E-state index contributed by atoms with van der Waals surface area (Å²) in [5.41, 5.74) is 0.860. The topological polar surface area (TPSA) is 87.0 Å². The zero-order valence-corrected chi connectivity index (χ0v) is 10.1. The van der Waals surface area contributed by atoms with Crippen LogP contribution >= 0.6 is 0 Å². The predicted octanol–water partition coefficient (Wildman–Crippen LogP) is -0.843. The second-order valence-corrected chi connectivity index (χ2v) is 4.98. The first kappa shape index (κ1) is 11.7. The van der Waals surface area contributed by atoms with E-state index in [1.165, 1.54) is 0 Å². The number of hydrogen-bond acceptors (Lipinski definition) is 4. The summed E-state index contributed by atoms with van der Waals surface area (Å²) in [6.07, 6.45) is 2.57. The van der Waals surface area contributed by atoms with Gasteiger partial charge in [0.15, 0.2) is 0 Å². The van der Waals surface area contributed by atoms with Gasteiger partial charge in [0.25, 0.3) is 5.56 Å². The molecule has 6 nitrogen and oxygen atoms in total. The van der Waals surface area contributed by atoms with Crippen LogP contribution in [0.3, 0.4) is 0 Å². The number of nitrogens with one attached hydrogen (secondary N) is 3. The molecule has 0 saturated carbocycles. The third-order valence-corrected chi connectivity index (χ3v) is 3.84. The van der Waals surface area contributed by atoms with Crippen molar-refractivity contribution in [2.45, 2.75) is 25.4 Å². The third-order valence-electron chi connectivity index (χ3n) is 3.84. The second kappa shape index (κ2) is 4.70. The summed E-state index contributed by atoms with van der Waals surface area (Å²) < 4.78 is 5.75. The standard InChI is InChI=1S/C12H17N3O3/c16-11-8-5-7(10-6-13-3-4-18-10)1-2-9(8)14-12(17)15-11/h7,10,13H,1-6H2,(H2,14,15,16,17). The Morgan fingerprint density at radius 3 is 2.89 bits per heavy atom. The molecule has 1 aromatic rings. The van der Waals surface area contributed by atoms with Crippen molar-refractivity contribution >= 4 is 0 Å². The van der Waals surface area contributed by atoms with E-state index in [4.69, 9.17) is 4.74 Å². The Hall–Kier alpha value is -1.40. The van der Waals surface area contributed by atoms with Gasteiger partial charge in [-0.25, -0.2) is 4.79 Å². The second-order valence-electron chi connectivity index (χ2n) is 4.98. The number of aromatic nitrogens is 2. The SMILES string of the molecule is O=c1[nH]c2c(c(=O)[nH]1)CC(C1CNCCO1)CC2. The zero-order chi connectivity index (χ0) is 12.5. The minimum absolute atomic E-state index is 0.179. The molecule has 18 heavy (non-hydrogen) atoms. The molecule has 6 heteroatoms. The Balaban J connectivity index is 1.84. The molecule has 3 N–H and O–H groups in total. The van der Waals surface area contributed by atoms with Crippen LogP contribution in [0, 0.1) is 5.92 Å². The Morgan fingerprint density at radius 2 is 2.11 bits per heavy atom. The maximum atomic E-state index is 11.8. The van der Waals surface area contributed by atoms with E-state index < -0.39 is 5.69 Å². The van der Waals surface area contributed by atoms with E-state index in [0.29, 0.717) is 12.3 Å². The van der Waals surface area contributed by atoms with Crippen LogP contribution in [0.1, 0.15) is 17.7 Å². The van der Waals surface area contributed by atoms with Gasteiger partial charge in [-0.05, 0) is 25.2 Å². The molecule has 2 aliphatic rings. The fourth-order valence-electron chi connectivity index (χ4n) is 2.89. The highest BCUT2D eigenvalue weighted by Gasteiger charge is 2.29. The first-order valence-corrected chi connectivity index (χ1v) is 6.40. The van der Waals surface area contributed by atoms with E-state index in [1.807, 2.05) is 0 Å². The molecular formula is C12H17N3O3. The number of aryl methyl sites for hydroxylation is 1. The highest BCUT2D eigenvalue weighted by Crippen LogP contribution is 2.25. The van der Waals surface area contributed by atoms with Crippen molar-refractivity contribution in [3.8, 4) is 0 Å². The van der Waals surface area contributed by atoms with Crippen LogP contribution < -0.4 is 16.6 Å². The van der Waals surface area contributed by atoms with E-state index >= 15 is 0 Å². The molecule has 98 valence electrons. The quantitative estimate of drug-likeness (QED) is 0.607. The lowest BCUT2D eigenvalue weighted by atomic mass is 9.83. The largest absolute Gasteiger partial charge is 0.375 e. The van der Waals surface area contributed by atoms with E-state index in [-0.39, 0.29) is 11.7 Å². The smallest absolute Gasteiger partial charge is 0.325 e. The molecule has 2 unspecified atom stereocenters. The van der Waals surface area contributed by atoms with Crippen molar-refractivity contribution in [2.24, 2.45) is 5.92 Å². The summed E-state index contributed by atoms with van der Waals surface area (Å²) in [4.78, 5) is 28.0. The maximum absolute atomic E-state index is 11.8. The fourth-order valence-corrected chi connectivity index (χ4v) is 2.89. The van der Waals surface area contributed by atoms with Gasteiger partial charge in [-0.1, -0.05) is 0 Å². The van der Waals surface area contributed by atoms with E-state index in [2.05, 4.69) is 15.3 Å². The van der Waals surface area contributed by atoms with Gasteiger partial charge in [0.05, 0.1) is 12.7 Å². The summed E-state index contributed by atoms with van der Waals surface area (Å²) >= 11 is 0. The van der Waals surface area contributed by atoms with E-state index in [1.54, 1.807) is 0 Å². The van der Waals surface area contributed by atoms with E-state index in [0.717, 1.165) is 43.8 Å². The lowest BCUT2D eigenvalue weighted by Gasteiger charge is -2.33. The van der Waals surface area contributed by atoms with Gasteiger partial charge < -0.3 is 15.0 Å². The molecule has 0 radical (unpaired) electrons. The molecule has 1 aliphatic carbocycles. The van der Waals surface area contributed by atoms with Crippen molar-refractivity contribution in [1.29, 1.82) is 0 Å². The summed E-state index contributed by atoms with van der Waals surface area (Å²) in [5, 5.41) is 3.31. The molecule has 1 aliphatic heterocycles. The Bertz CT molecular complexity index is 542. The maximum Gasteiger partial charge on any atom is 0.325 e. The number of hydrogen-bond donors (Lipinski definition) is 3.